The summed E-state index contributed by atoms with van der Waals surface area (Å²) in [5.74, 6) is 0.140. The maximum absolute atomic E-state index is 13.8. The molecule has 0 radical (unpaired) electrons. The average molecular weight is 433 g/mol. The van der Waals surface area contributed by atoms with Gasteiger partial charge in [0, 0.05) is 12.5 Å². The van der Waals surface area contributed by atoms with Crippen LogP contribution in [0.4, 0.5) is 35.0 Å². The van der Waals surface area contributed by atoms with Crippen molar-refractivity contribution in [2.75, 3.05) is 11.1 Å². The molecule has 2 heterocycles. The second kappa shape index (κ2) is 7.42. The predicted molar refractivity (Wildman–Crippen MR) is 105 cm³/mol. The number of aromatic nitrogens is 4. The molecule has 31 heavy (non-hydrogen) atoms. The number of imidazole rings is 1. The number of rotatable bonds is 4. The minimum absolute atomic E-state index is 0.0975. The van der Waals surface area contributed by atoms with Crippen LogP contribution in [0.25, 0.3) is 16.9 Å². The van der Waals surface area contributed by atoms with Crippen molar-refractivity contribution in [1.82, 2.24) is 14.5 Å². The molecule has 2 aromatic heterocycles. The highest BCUT2D eigenvalue weighted by atomic mass is 19.4. The Kier molecular flexibility index (Phi) is 4.88. The molecule has 4 rings (SSSR count). The molecule has 11 heteroatoms. The van der Waals surface area contributed by atoms with E-state index in [1.807, 2.05) is 6.92 Å². The van der Waals surface area contributed by atoms with Crippen LogP contribution in [-0.2, 0) is 12.6 Å². The van der Waals surface area contributed by atoms with E-state index in [9.17, 15) is 22.8 Å². The van der Waals surface area contributed by atoms with E-state index in [1.165, 1.54) is 30.3 Å². The minimum Gasteiger partial charge on any atom is -0.382 e. The molecule has 0 unspecified atom stereocenters. The summed E-state index contributed by atoms with van der Waals surface area (Å²) in [7, 11) is 0. The van der Waals surface area contributed by atoms with Gasteiger partial charge >= 0.3 is 12.1 Å². The molecule has 0 atom stereocenters. The van der Waals surface area contributed by atoms with Crippen LogP contribution in [0.3, 0.4) is 0 Å². The molecule has 0 aliphatic rings. The number of hydrogen-bond donors (Lipinski definition) is 3. The first kappa shape index (κ1) is 20.4. The first-order valence-corrected chi connectivity index (χ1v) is 9.20. The number of benzene rings is 2. The van der Waals surface area contributed by atoms with E-state index in [0.717, 1.165) is 12.1 Å². The molecular formula is C20H17F4N6O+. The van der Waals surface area contributed by atoms with Crippen molar-refractivity contribution in [3.63, 3.8) is 0 Å². The van der Waals surface area contributed by atoms with E-state index in [4.69, 9.17) is 5.73 Å². The normalized spacial score (nSPS) is 11.8. The van der Waals surface area contributed by atoms with Crippen molar-refractivity contribution in [1.29, 1.82) is 0 Å². The lowest BCUT2D eigenvalue weighted by molar-refractivity contribution is -0.883. The van der Waals surface area contributed by atoms with Gasteiger partial charge in [-0.15, -0.1) is 0 Å². The van der Waals surface area contributed by atoms with E-state index < -0.39 is 17.6 Å². The lowest BCUT2D eigenvalue weighted by atomic mass is 10.2. The molecule has 0 saturated heterocycles. The van der Waals surface area contributed by atoms with Crippen LogP contribution in [0.1, 0.15) is 18.3 Å². The van der Waals surface area contributed by atoms with Gasteiger partial charge in [0.2, 0.25) is 11.6 Å². The van der Waals surface area contributed by atoms with Gasteiger partial charge in [0.25, 0.3) is 0 Å². The summed E-state index contributed by atoms with van der Waals surface area (Å²) in [4.78, 5) is 8.80. The molecule has 160 valence electrons. The summed E-state index contributed by atoms with van der Waals surface area (Å²) < 4.78 is 54.3. The van der Waals surface area contributed by atoms with E-state index in [-0.39, 0.29) is 23.3 Å². The number of fused-ring (bicyclic) bond motifs is 1. The summed E-state index contributed by atoms with van der Waals surface area (Å²) in [6.07, 6.45) is -3.96. The average Bonchev–Trinajstić information content (AvgIpc) is 3.08. The second-order valence-electron chi connectivity index (χ2n) is 6.72. The van der Waals surface area contributed by atoms with Crippen LogP contribution in [0.2, 0.25) is 0 Å². The number of anilines is 3. The molecular weight excluding hydrogens is 416 g/mol. The van der Waals surface area contributed by atoms with Gasteiger partial charge in [0.05, 0.1) is 28.4 Å². The van der Waals surface area contributed by atoms with E-state index in [1.54, 1.807) is 10.6 Å². The fourth-order valence-electron chi connectivity index (χ4n) is 3.16. The highest BCUT2D eigenvalue weighted by molar-refractivity contribution is 5.78. The quantitative estimate of drug-likeness (QED) is 0.257. The summed E-state index contributed by atoms with van der Waals surface area (Å²) in [6, 6.07) is 9.73. The highest BCUT2D eigenvalue weighted by Gasteiger charge is 2.30. The first-order valence-electron chi connectivity index (χ1n) is 9.20. The lowest BCUT2D eigenvalue weighted by Crippen LogP contribution is -2.38. The fourth-order valence-corrected chi connectivity index (χ4v) is 3.16. The third-order valence-electron chi connectivity index (χ3n) is 4.64. The molecule has 0 aliphatic carbocycles. The Labute approximate surface area is 173 Å². The van der Waals surface area contributed by atoms with Crippen molar-refractivity contribution < 1.29 is 27.5 Å². The fraction of sp³-hybridized carbons (Fsp3) is 0.150. The van der Waals surface area contributed by atoms with Gasteiger partial charge < -0.3 is 10.9 Å². The Hall–Kier alpha value is -3.89. The molecule has 4 N–H and O–H groups in total. The minimum atomic E-state index is -4.47. The van der Waals surface area contributed by atoms with Crippen LogP contribution < -0.4 is 15.8 Å². The number of hydrogen-bond acceptors (Lipinski definition) is 5. The Bertz CT molecular complexity index is 1270. The summed E-state index contributed by atoms with van der Waals surface area (Å²) >= 11 is 0. The zero-order chi connectivity index (χ0) is 22.3. The number of nitrogens with zero attached hydrogens (tertiary/aromatic N) is 4. The van der Waals surface area contributed by atoms with Crippen LogP contribution in [0, 0.1) is 5.82 Å². The molecule has 0 saturated carbocycles. The standard InChI is InChI=1S/C20H16F4N6O/c1-2-17-27-14-8-5-12(21)9-15(14)29(17)18-10-16(25)30(31)19(28-18)26-13-6-3-11(4-7-13)20(22,23)24/h3-10,31H,2H2,1H3,(H2,25,26,28)/p+1. The van der Waals surface area contributed by atoms with Gasteiger partial charge in [-0.05, 0) is 41.1 Å². The van der Waals surface area contributed by atoms with Gasteiger partial charge in [0.1, 0.15) is 11.6 Å². The van der Waals surface area contributed by atoms with E-state index in [0.29, 0.717) is 28.0 Å². The van der Waals surface area contributed by atoms with Crippen LogP contribution in [0.5, 0.6) is 0 Å². The highest BCUT2D eigenvalue weighted by Crippen LogP contribution is 2.30. The van der Waals surface area contributed by atoms with Crippen molar-refractivity contribution in [3.05, 3.63) is 65.7 Å². The van der Waals surface area contributed by atoms with Gasteiger partial charge in [-0.3, -0.25) is 9.88 Å². The SMILES string of the molecule is CCc1nc2ccc(F)cc2n1-c1cc(N)[n+](O)c(Nc2ccc(C(F)(F)F)cc2)n1. The van der Waals surface area contributed by atoms with Crippen molar-refractivity contribution in [3.8, 4) is 5.82 Å². The molecule has 4 aromatic rings. The van der Waals surface area contributed by atoms with Crippen LogP contribution in [-0.4, -0.2) is 19.7 Å². The van der Waals surface area contributed by atoms with Gasteiger partial charge in [-0.25, -0.2) is 9.37 Å². The predicted octanol–water partition coefficient (Wildman–Crippen LogP) is 3.99. The lowest BCUT2D eigenvalue weighted by Gasteiger charge is -2.10. The molecule has 0 spiro atoms. The maximum Gasteiger partial charge on any atom is 0.416 e. The number of nitrogens with two attached hydrogens (primary N) is 1. The van der Waals surface area contributed by atoms with Gasteiger partial charge in [-0.1, -0.05) is 11.9 Å². The van der Waals surface area contributed by atoms with Crippen molar-refractivity contribution >= 4 is 28.5 Å². The third kappa shape index (κ3) is 3.81. The van der Waals surface area contributed by atoms with E-state index in [2.05, 4.69) is 15.3 Å². The summed E-state index contributed by atoms with van der Waals surface area (Å²) in [6.45, 7) is 1.87. The largest absolute Gasteiger partial charge is 0.416 e. The third-order valence-corrected chi connectivity index (χ3v) is 4.64. The van der Waals surface area contributed by atoms with Gasteiger partial charge in [-0.2, -0.15) is 13.2 Å². The molecule has 2 aromatic carbocycles. The van der Waals surface area contributed by atoms with Gasteiger partial charge in [0.15, 0.2) is 0 Å². The Morgan fingerprint density at radius 1 is 1.10 bits per heavy atom. The van der Waals surface area contributed by atoms with Crippen molar-refractivity contribution in [2.45, 2.75) is 19.5 Å². The zero-order valence-corrected chi connectivity index (χ0v) is 16.2. The number of nitrogen functional groups attached to an aromatic ring is 1. The Morgan fingerprint density at radius 2 is 1.81 bits per heavy atom. The second-order valence-corrected chi connectivity index (χ2v) is 6.72. The maximum atomic E-state index is 13.8. The number of nitrogens with one attached hydrogen (secondary N) is 1. The smallest absolute Gasteiger partial charge is 0.382 e. The monoisotopic (exact) mass is 433 g/mol. The molecule has 0 aliphatic heterocycles. The Morgan fingerprint density at radius 3 is 2.45 bits per heavy atom. The summed E-state index contributed by atoms with van der Waals surface area (Å²) in [5.41, 5.74) is 6.35. The number of halogens is 4. The molecule has 0 bridgehead atoms. The molecule has 7 nitrogen and oxygen atoms in total. The summed E-state index contributed by atoms with van der Waals surface area (Å²) in [5, 5.41) is 13.0. The Balaban J connectivity index is 1.79. The zero-order valence-electron chi connectivity index (χ0n) is 16.2. The number of alkyl halides is 3. The molecule has 0 fully saturated rings. The van der Waals surface area contributed by atoms with E-state index >= 15 is 0 Å². The van der Waals surface area contributed by atoms with Crippen LogP contribution in [0.15, 0.2) is 48.5 Å². The number of aryl methyl sites for hydroxylation is 1. The topological polar surface area (TPSA) is 92.9 Å². The first-order chi connectivity index (χ1) is 14.7. The van der Waals surface area contributed by atoms with Crippen LogP contribution >= 0.6 is 0 Å². The van der Waals surface area contributed by atoms with Crippen molar-refractivity contribution in [2.24, 2.45) is 0 Å². The molecule has 0 amide bonds.